The Labute approximate surface area is 211 Å². The van der Waals surface area contributed by atoms with Crippen molar-refractivity contribution in [1.29, 1.82) is 0 Å². The molecule has 0 N–H and O–H groups in total. The molecule has 0 aromatic rings. The molecule has 4 aliphatic rings. The van der Waals surface area contributed by atoms with Crippen molar-refractivity contribution < 1.29 is 19.0 Å². The molecular formula is C27H41ClN2O4. The molecule has 7 heteroatoms. The fourth-order valence-electron chi connectivity index (χ4n) is 5.31. The van der Waals surface area contributed by atoms with Crippen molar-refractivity contribution in [2.75, 3.05) is 39.4 Å². The van der Waals surface area contributed by atoms with Crippen molar-refractivity contribution in [3.05, 3.63) is 47.8 Å². The van der Waals surface area contributed by atoms with E-state index in [0.29, 0.717) is 17.9 Å². The summed E-state index contributed by atoms with van der Waals surface area (Å²) in [5, 5.41) is 0. The van der Waals surface area contributed by atoms with Crippen LogP contribution in [0.25, 0.3) is 0 Å². The molecule has 190 valence electrons. The van der Waals surface area contributed by atoms with Gasteiger partial charge in [0.1, 0.15) is 18.3 Å². The number of allylic oxidation sites excluding steroid dienone is 4. The second kappa shape index (κ2) is 13.4. The Kier molecular flexibility index (Phi) is 10.5. The molecule has 1 aliphatic carbocycles. The second-order valence-corrected chi connectivity index (χ2v) is 9.76. The molecule has 3 heterocycles. The minimum absolute atomic E-state index is 0. The van der Waals surface area contributed by atoms with Crippen LogP contribution in [0.4, 0.5) is 0 Å². The van der Waals surface area contributed by atoms with Crippen LogP contribution in [0.1, 0.15) is 58.8 Å². The molecule has 1 unspecified atom stereocenters. The van der Waals surface area contributed by atoms with Crippen LogP contribution in [-0.4, -0.2) is 61.1 Å². The second-order valence-electron chi connectivity index (χ2n) is 9.76. The maximum Gasteiger partial charge on any atom is 0.225 e. The van der Waals surface area contributed by atoms with E-state index in [-0.39, 0.29) is 18.3 Å². The molecule has 1 amide bonds. The maximum atomic E-state index is 12.8. The SMILES string of the molecule is CCN(CC1CCN(C(=O)C2CCOCC2)CC1)C(C)CC1=COC=C(C2=CC=CCC2)O1.Cl. The van der Waals surface area contributed by atoms with Crippen molar-refractivity contribution in [3.63, 3.8) is 0 Å². The van der Waals surface area contributed by atoms with Gasteiger partial charge in [-0.3, -0.25) is 4.79 Å². The zero-order chi connectivity index (χ0) is 23.0. The lowest BCUT2D eigenvalue weighted by molar-refractivity contribution is -0.140. The van der Waals surface area contributed by atoms with Crippen LogP contribution in [0.5, 0.6) is 0 Å². The number of amides is 1. The molecule has 34 heavy (non-hydrogen) atoms. The first-order valence-corrected chi connectivity index (χ1v) is 12.8. The minimum Gasteiger partial charge on any atom is -0.465 e. The molecule has 0 saturated carbocycles. The van der Waals surface area contributed by atoms with E-state index in [1.165, 1.54) is 5.57 Å². The summed E-state index contributed by atoms with van der Waals surface area (Å²) in [6.07, 6.45) is 16.7. The Hall–Kier alpha value is -1.76. The van der Waals surface area contributed by atoms with E-state index in [1.807, 2.05) is 0 Å². The van der Waals surface area contributed by atoms with Gasteiger partial charge in [0.15, 0.2) is 5.76 Å². The van der Waals surface area contributed by atoms with Crippen LogP contribution in [0, 0.1) is 11.8 Å². The van der Waals surface area contributed by atoms with Gasteiger partial charge in [-0.1, -0.05) is 25.2 Å². The van der Waals surface area contributed by atoms with Gasteiger partial charge < -0.3 is 24.0 Å². The van der Waals surface area contributed by atoms with Gasteiger partial charge in [-0.05, 0) is 63.5 Å². The lowest BCUT2D eigenvalue weighted by atomic mass is 9.92. The van der Waals surface area contributed by atoms with Crippen LogP contribution in [0.3, 0.4) is 0 Å². The Bertz CT molecular complexity index is 792. The summed E-state index contributed by atoms with van der Waals surface area (Å²) in [7, 11) is 0. The van der Waals surface area contributed by atoms with Crippen LogP contribution >= 0.6 is 12.4 Å². The molecule has 0 aromatic carbocycles. The third kappa shape index (κ3) is 7.12. The molecule has 6 nitrogen and oxygen atoms in total. The highest BCUT2D eigenvalue weighted by Crippen LogP contribution is 2.29. The summed E-state index contributed by atoms with van der Waals surface area (Å²) < 4.78 is 17.2. The summed E-state index contributed by atoms with van der Waals surface area (Å²) >= 11 is 0. The highest BCUT2D eigenvalue weighted by Gasteiger charge is 2.30. The molecule has 0 radical (unpaired) electrons. The Balaban J connectivity index is 0.00000324. The average Bonchev–Trinajstić information content (AvgIpc) is 2.88. The lowest BCUT2D eigenvalue weighted by Crippen LogP contribution is -2.46. The van der Waals surface area contributed by atoms with Crippen molar-refractivity contribution >= 4 is 18.3 Å². The van der Waals surface area contributed by atoms with Crippen molar-refractivity contribution in [3.8, 4) is 0 Å². The zero-order valence-corrected chi connectivity index (χ0v) is 21.6. The number of rotatable bonds is 8. The number of halogens is 1. The number of hydrogen-bond acceptors (Lipinski definition) is 5. The van der Waals surface area contributed by atoms with Gasteiger partial charge >= 0.3 is 0 Å². The Morgan fingerprint density at radius 2 is 1.94 bits per heavy atom. The highest BCUT2D eigenvalue weighted by molar-refractivity contribution is 5.85. The molecule has 2 fully saturated rings. The van der Waals surface area contributed by atoms with E-state index in [9.17, 15) is 4.79 Å². The monoisotopic (exact) mass is 492 g/mol. The topological polar surface area (TPSA) is 51.2 Å². The van der Waals surface area contributed by atoms with Crippen molar-refractivity contribution in [2.45, 2.75) is 64.8 Å². The minimum atomic E-state index is 0. The molecule has 0 spiro atoms. The van der Waals surface area contributed by atoms with E-state index in [1.54, 1.807) is 12.5 Å². The normalized spacial score (nSPS) is 22.7. The lowest BCUT2D eigenvalue weighted by Gasteiger charge is -2.38. The first-order chi connectivity index (χ1) is 16.1. The number of carbonyl (C=O) groups is 1. The number of ether oxygens (including phenoxy) is 3. The van der Waals surface area contributed by atoms with Gasteiger partial charge in [-0.15, -0.1) is 12.4 Å². The Morgan fingerprint density at radius 3 is 2.62 bits per heavy atom. The molecular weight excluding hydrogens is 452 g/mol. The molecule has 0 bridgehead atoms. The first kappa shape index (κ1) is 26.8. The average molecular weight is 493 g/mol. The number of carbonyl (C=O) groups excluding carboxylic acids is 1. The fraction of sp³-hybridized carbons (Fsp3) is 0.667. The van der Waals surface area contributed by atoms with Gasteiger partial charge in [0.05, 0.1) is 0 Å². The molecule has 2 saturated heterocycles. The van der Waals surface area contributed by atoms with Crippen molar-refractivity contribution in [1.82, 2.24) is 9.80 Å². The maximum absolute atomic E-state index is 12.8. The summed E-state index contributed by atoms with van der Waals surface area (Å²) in [4.78, 5) is 17.5. The van der Waals surface area contributed by atoms with Crippen LogP contribution in [0.15, 0.2) is 47.8 Å². The predicted molar refractivity (Wildman–Crippen MR) is 136 cm³/mol. The molecule has 3 aliphatic heterocycles. The predicted octanol–water partition coefficient (Wildman–Crippen LogP) is 5.18. The van der Waals surface area contributed by atoms with Gasteiger partial charge in [-0.25, -0.2) is 0 Å². The summed E-state index contributed by atoms with van der Waals surface area (Å²) in [5.74, 6) is 2.90. The highest BCUT2D eigenvalue weighted by atomic mass is 35.5. The number of piperidine rings is 1. The van der Waals surface area contributed by atoms with Crippen LogP contribution < -0.4 is 0 Å². The fourth-order valence-corrected chi connectivity index (χ4v) is 5.31. The quantitative estimate of drug-likeness (QED) is 0.467. The van der Waals surface area contributed by atoms with E-state index in [4.69, 9.17) is 14.2 Å². The van der Waals surface area contributed by atoms with Gasteiger partial charge in [-0.2, -0.15) is 0 Å². The zero-order valence-electron chi connectivity index (χ0n) is 20.7. The molecule has 0 aromatic heterocycles. The van der Waals surface area contributed by atoms with Gasteiger partial charge in [0, 0.05) is 51.2 Å². The van der Waals surface area contributed by atoms with E-state index in [0.717, 1.165) is 95.9 Å². The first-order valence-electron chi connectivity index (χ1n) is 12.8. The third-order valence-electron chi connectivity index (χ3n) is 7.46. The summed E-state index contributed by atoms with van der Waals surface area (Å²) in [6.45, 7) is 9.84. The van der Waals surface area contributed by atoms with E-state index >= 15 is 0 Å². The van der Waals surface area contributed by atoms with Crippen LogP contribution in [-0.2, 0) is 19.0 Å². The number of hydrogen-bond donors (Lipinski definition) is 0. The van der Waals surface area contributed by atoms with E-state index in [2.05, 4.69) is 41.9 Å². The van der Waals surface area contributed by atoms with Gasteiger partial charge in [0.25, 0.3) is 0 Å². The Morgan fingerprint density at radius 1 is 1.18 bits per heavy atom. The molecule has 4 rings (SSSR count). The molecule has 1 atom stereocenters. The van der Waals surface area contributed by atoms with Crippen LogP contribution in [0.2, 0.25) is 0 Å². The summed E-state index contributed by atoms with van der Waals surface area (Å²) in [5.41, 5.74) is 1.20. The smallest absolute Gasteiger partial charge is 0.225 e. The van der Waals surface area contributed by atoms with Gasteiger partial charge in [0.2, 0.25) is 5.91 Å². The largest absolute Gasteiger partial charge is 0.465 e. The third-order valence-corrected chi connectivity index (χ3v) is 7.46. The number of likely N-dealkylation sites (tertiary alicyclic amines) is 1. The number of nitrogens with zero attached hydrogens (tertiary/aromatic N) is 2. The van der Waals surface area contributed by atoms with Crippen molar-refractivity contribution in [2.24, 2.45) is 11.8 Å². The standard InChI is InChI=1S/C27H40N2O4.ClH/c1-3-28(18-22-9-13-29(14-10-22)27(30)24-11-15-31-16-12-24)21(2)17-25-19-32-20-26(33-25)23-7-5-4-6-8-23;/h4-5,7,19-22,24H,3,6,8-18H2,1-2H3;1H. The summed E-state index contributed by atoms with van der Waals surface area (Å²) in [6, 6.07) is 0.367. The van der Waals surface area contributed by atoms with E-state index < -0.39 is 0 Å².